The van der Waals surface area contributed by atoms with E-state index in [2.05, 4.69) is 10.3 Å². The second kappa shape index (κ2) is 7.19. The van der Waals surface area contributed by atoms with Crippen molar-refractivity contribution in [2.24, 2.45) is 0 Å². The van der Waals surface area contributed by atoms with Crippen molar-refractivity contribution in [3.8, 4) is 0 Å². The third-order valence-electron chi connectivity index (χ3n) is 2.89. The van der Waals surface area contributed by atoms with Gasteiger partial charge in [0.05, 0.1) is 6.04 Å². The molecule has 0 unspecified atom stereocenters. The highest BCUT2D eigenvalue weighted by atomic mass is 16.5. The molecule has 5 heteroatoms. The molecule has 2 rings (SSSR count). The first-order valence-corrected chi connectivity index (χ1v) is 6.59. The van der Waals surface area contributed by atoms with Crippen LogP contribution in [-0.2, 0) is 9.53 Å². The topological polar surface area (TPSA) is 68.3 Å². The molecule has 1 atom stereocenters. The molecule has 21 heavy (non-hydrogen) atoms. The third kappa shape index (κ3) is 4.42. The smallest absolute Gasteiger partial charge is 0.357 e. The molecule has 108 valence electrons. The van der Waals surface area contributed by atoms with Crippen LogP contribution in [0.1, 0.15) is 29.0 Å². The highest BCUT2D eigenvalue weighted by Gasteiger charge is 2.13. The Labute approximate surface area is 123 Å². The molecule has 1 aromatic carbocycles. The lowest BCUT2D eigenvalue weighted by Crippen LogP contribution is -2.31. The maximum atomic E-state index is 11.8. The zero-order valence-corrected chi connectivity index (χ0v) is 11.7. The van der Waals surface area contributed by atoms with Gasteiger partial charge in [0.1, 0.15) is 5.69 Å². The molecule has 0 bridgehead atoms. The van der Waals surface area contributed by atoms with E-state index in [1.807, 2.05) is 37.3 Å². The van der Waals surface area contributed by atoms with Crippen molar-refractivity contribution in [3.05, 3.63) is 66.0 Å². The zero-order chi connectivity index (χ0) is 15.1. The Morgan fingerprint density at radius 3 is 2.52 bits per heavy atom. The summed E-state index contributed by atoms with van der Waals surface area (Å²) in [5.41, 5.74) is 1.17. The SMILES string of the molecule is C[C@@H](NC(=O)COC(=O)c1ccccn1)c1ccccc1. The van der Waals surface area contributed by atoms with Crippen molar-refractivity contribution in [2.45, 2.75) is 13.0 Å². The van der Waals surface area contributed by atoms with Gasteiger partial charge in [-0.05, 0) is 24.6 Å². The van der Waals surface area contributed by atoms with E-state index < -0.39 is 5.97 Å². The van der Waals surface area contributed by atoms with Crippen molar-refractivity contribution < 1.29 is 14.3 Å². The monoisotopic (exact) mass is 284 g/mol. The maximum Gasteiger partial charge on any atom is 0.357 e. The minimum absolute atomic E-state index is 0.146. The van der Waals surface area contributed by atoms with Gasteiger partial charge >= 0.3 is 5.97 Å². The number of ether oxygens (including phenoxy) is 1. The van der Waals surface area contributed by atoms with Crippen LogP contribution >= 0.6 is 0 Å². The fraction of sp³-hybridized carbons (Fsp3) is 0.188. The van der Waals surface area contributed by atoms with Gasteiger partial charge in [0.15, 0.2) is 6.61 Å². The molecular formula is C16H16N2O3. The van der Waals surface area contributed by atoms with E-state index in [0.717, 1.165) is 5.56 Å². The molecule has 0 fully saturated rings. The van der Waals surface area contributed by atoms with Gasteiger partial charge in [-0.3, -0.25) is 4.79 Å². The van der Waals surface area contributed by atoms with Crippen LogP contribution in [0.25, 0.3) is 0 Å². The number of esters is 1. The molecule has 0 saturated heterocycles. The zero-order valence-electron chi connectivity index (χ0n) is 11.7. The normalized spacial score (nSPS) is 11.5. The van der Waals surface area contributed by atoms with Gasteiger partial charge in [-0.15, -0.1) is 0 Å². The Bertz CT molecular complexity index is 599. The number of rotatable bonds is 5. The van der Waals surface area contributed by atoms with E-state index in [0.29, 0.717) is 0 Å². The predicted octanol–water partition coefficient (Wildman–Crippen LogP) is 2.12. The van der Waals surface area contributed by atoms with Crippen molar-refractivity contribution in [1.29, 1.82) is 0 Å². The molecule has 0 aliphatic heterocycles. The average molecular weight is 284 g/mol. The molecule has 0 aliphatic rings. The summed E-state index contributed by atoms with van der Waals surface area (Å²) in [6, 6.07) is 14.3. The number of carbonyl (C=O) groups is 2. The minimum atomic E-state index is -0.613. The summed E-state index contributed by atoms with van der Waals surface area (Å²) < 4.78 is 4.91. The second-order valence-corrected chi connectivity index (χ2v) is 4.49. The Hall–Kier alpha value is -2.69. The minimum Gasteiger partial charge on any atom is -0.451 e. The van der Waals surface area contributed by atoms with Gasteiger partial charge in [0.2, 0.25) is 0 Å². The van der Waals surface area contributed by atoms with E-state index in [4.69, 9.17) is 4.74 Å². The maximum absolute atomic E-state index is 11.8. The number of hydrogen-bond donors (Lipinski definition) is 1. The number of nitrogens with one attached hydrogen (secondary N) is 1. The Morgan fingerprint density at radius 2 is 1.86 bits per heavy atom. The van der Waals surface area contributed by atoms with Crippen LogP contribution in [0.3, 0.4) is 0 Å². The van der Waals surface area contributed by atoms with Crippen LogP contribution in [0.5, 0.6) is 0 Å². The lowest BCUT2D eigenvalue weighted by Gasteiger charge is -2.14. The van der Waals surface area contributed by atoms with Crippen molar-refractivity contribution in [2.75, 3.05) is 6.61 Å². The van der Waals surface area contributed by atoms with Crippen molar-refractivity contribution in [1.82, 2.24) is 10.3 Å². The summed E-state index contributed by atoms with van der Waals surface area (Å²) in [5, 5.41) is 2.77. The molecule has 1 N–H and O–H groups in total. The summed E-state index contributed by atoms with van der Waals surface area (Å²) >= 11 is 0. The quantitative estimate of drug-likeness (QED) is 0.854. The number of hydrogen-bond acceptors (Lipinski definition) is 4. The van der Waals surface area contributed by atoms with Crippen LogP contribution < -0.4 is 5.32 Å². The van der Waals surface area contributed by atoms with Gasteiger partial charge in [-0.2, -0.15) is 0 Å². The fourth-order valence-corrected chi connectivity index (χ4v) is 1.80. The van der Waals surface area contributed by atoms with Crippen molar-refractivity contribution in [3.63, 3.8) is 0 Å². The first-order valence-electron chi connectivity index (χ1n) is 6.59. The lowest BCUT2D eigenvalue weighted by atomic mass is 10.1. The lowest BCUT2D eigenvalue weighted by molar-refractivity contribution is -0.124. The number of amides is 1. The molecule has 1 heterocycles. The Morgan fingerprint density at radius 1 is 1.14 bits per heavy atom. The van der Waals surface area contributed by atoms with Gasteiger partial charge in [0.25, 0.3) is 5.91 Å². The first kappa shape index (κ1) is 14.7. The fourth-order valence-electron chi connectivity index (χ4n) is 1.80. The standard InChI is InChI=1S/C16H16N2O3/c1-12(13-7-3-2-4-8-13)18-15(19)11-21-16(20)14-9-5-6-10-17-14/h2-10,12H,11H2,1H3,(H,18,19)/t12-/m1/s1. The van der Waals surface area contributed by atoms with Crippen LogP contribution in [0, 0.1) is 0 Å². The summed E-state index contributed by atoms with van der Waals surface area (Å²) in [5.74, 6) is -0.964. The summed E-state index contributed by atoms with van der Waals surface area (Å²) in [7, 11) is 0. The molecule has 0 aliphatic carbocycles. The van der Waals surface area contributed by atoms with Gasteiger partial charge in [-0.25, -0.2) is 9.78 Å². The summed E-state index contributed by atoms with van der Waals surface area (Å²) in [4.78, 5) is 27.3. The Kier molecular flexibility index (Phi) is 5.04. The first-order chi connectivity index (χ1) is 10.2. The number of carbonyl (C=O) groups excluding carboxylic acids is 2. The molecule has 1 amide bonds. The average Bonchev–Trinajstić information content (AvgIpc) is 2.54. The summed E-state index contributed by atoms with van der Waals surface area (Å²) in [6.07, 6.45) is 1.49. The van der Waals surface area contributed by atoms with E-state index in [1.165, 1.54) is 12.3 Å². The highest BCUT2D eigenvalue weighted by Crippen LogP contribution is 2.10. The van der Waals surface area contributed by atoms with E-state index in [1.54, 1.807) is 12.1 Å². The van der Waals surface area contributed by atoms with E-state index in [-0.39, 0.29) is 24.2 Å². The second-order valence-electron chi connectivity index (χ2n) is 4.49. The molecule has 5 nitrogen and oxygen atoms in total. The van der Waals surface area contributed by atoms with E-state index in [9.17, 15) is 9.59 Å². The molecule has 2 aromatic rings. The van der Waals surface area contributed by atoms with Crippen LogP contribution in [0.15, 0.2) is 54.7 Å². The number of aromatic nitrogens is 1. The third-order valence-corrected chi connectivity index (χ3v) is 2.89. The number of benzene rings is 1. The molecule has 1 aromatic heterocycles. The predicted molar refractivity (Wildman–Crippen MR) is 77.5 cm³/mol. The molecular weight excluding hydrogens is 268 g/mol. The van der Waals surface area contributed by atoms with Crippen LogP contribution in [0.4, 0.5) is 0 Å². The van der Waals surface area contributed by atoms with Crippen molar-refractivity contribution >= 4 is 11.9 Å². The molecule has 0 saturated carbocycles. The van der Waals surface area contributed by atoms with E-state index >= 15 is 0 Å². The van der Waals surface area contributed by atoms with Gasteiger partial charge in [0, 0.05) is 6.20 Å². The number of nitrogens with zero attached hydrogens (tertiary/aromatic N) is 1. The van der Waals surface area contributed by atoms with Crippen LogP contribution in [-0.4, -0.2) is 23.5 Å². The van der Waals surface area contributed by atoms with Gasteiger partial charge in [-0.1, -0.05) is 36.4 Å². The number of pyridine rings is 1. The largest absolute Gasteiger partial charge is 0.451 e. The van der Waals surface area contributed by atoms with Gasteiger partial charge < -0.3 is 10.1 Å². The molecule has 0 spiro atoms. The Balaban J connectivity index is 1.81. The molecule has 0 radical (unpaired) electrons. The summed E-state index contributed by atoms with van der Waals surface area (Å²) in [6.45, 7) is 1.54. The van der Waals surface area contributed by atoms with Crippen LogP contribution in [0.2, 0.25) is 0 Å². The highest BCUT2D eigenvalue weighted by molar-refractivity contribution is 5.89.